The number of hydrogen-bond donors (Lipinski definition) is 3. The molecule has 6 heteroatoms. The molecule has 3 N–H and O–H groups in total. The maximum atomic E-state index is 13.0. The number of aromatic hydroxyl groups is 2. The molecule has 1 heterocycles. The monoisotopic (exact) mass is 368 g/mol. The lowest BCUT2D eigenvalue weighted by Gasteiger charge is -2.14. The summed E-state index contributed by atoms with van der Waals surface area (Å²) in [6.45, 7) is 5.29. The van der Waals surface area contributed by atoms with Gasteiger partial charge in [-0.05, 0) is 24.6 Å². The predicted molar refractivity (Wildman–Crippen MR) is 102 cm³/mol. The Kier molecular flexibility index (Phi) is 4.92. The molecule has 3 rings (SSSR count). The molecule has 1 atom stereocenters. The van der Waals surface area contributed by atoms with E-state index in [2.05, 4.69) is 6.58 Å². The van der Waals surface area contributed by atoms with Crippen molar-refractivity contribution in [2.24, 2.45) is 0 Å². The van der Waals surface area contributed by atoms with E-state index in [1.807, 2.05) is 0 Å². The van der Waals surface area contributed by atoms with E-state index in [0.717, 1.165) is 0 Å². The number of ether oxygens (including phenoxy) is 1. The van der Waals surface area contributed by atoms with Crippen LogP contribution in [0.3, 0.4) is 0 Å². The lowest BCUT2D eigenvalue weighted by molar-refractivity contribution is 0.209. The van der Waals surface area contributed by atoms with Crippen LogP contribution in [0.4, 0.5) is 0 Å². The minimum atomic E-state index is -0.962. The summed E-state index contributed by atoms with van der Waals surface area (Å²) >= 11 is 0. The van der Waals surface area contributed by atoms with Gasteiger partial charge in [-0.25, -0.2) is 0 Å². The fraction of sp³-hybridized carbons (Fsp3) is 0.190. The quantitative estimate of drug-likeness (QED) is 0.597. The van der Waals surface area contributed by atoms with Crippen LogP contribution in [0.2, 0.25) is 0 Å². The van der Waals surface area contributed by atoms with E-state index in [1.54, 1.807) is 38.3 Å². The number of aliphatic hydroxyl groups is 1. The Hall–Kier alpha value is -3.25. The number of fused-ring (bicyclic) bond motifs is 1. The molecule has 0 aliphatic rings. The zero-order valence-corrected chi connectivity index (χ0v) is 15.0. The number of hydrogen-bond acceptors (Lipinski definition) is 6. The van der Waals surface area contributed by atoms with Crippen LogP contribution in [0.15, 0.2) is 58.0 Å². The highest BCUT2D eigenvalue weighted by Gasteiger charge is 2.21. The normalized spacial score (nSPS) is 12.1. The van der Waals surface area contributed by atoms with Gasteiger partial charge in [0.15, 0.2) is 0 Å². The van der Waals surface area contributed by atoms with Gasteiger partial charge in [0.25, 0.3) is 0 Å². The summed E-state index contributed by atoms with van der Waals surface area (Å²) < 4.78 is 10.6. The van der Waals surface area contributed by atoms with E-state index in [4.69, 9.17) is 9.15 Å². The highest BCUT2D eigenvalue weighted by Crippen LogP contribution is 2.36. The Bertz CT molecular complexity index is 1060. The van der Waals surface area contributed by atoms with Crippen LogP contribution in [0, 0.1) is 0 Å². The van der Waals surface area contributed by atoms with Gasteiger partial charge in [0.2, 0.25) is 5.43 Å². The van der Waals surface area contributed by atoms with Gasteiger partial charge in [0.1, 0.15) is 34.5 Å². The maximum absolute atomic E-state index is 13.0. The van der Waals surface area contributed by atoms with Crippen LogP contribution in [-0.2, 0) is 6.42 Å². The smallest absolute Gasteiger partial charge is 0.204 e. The molecule has 0 saturated heterocycles. The maximum Gasteiger partial charge on any atom is 0.204 e. The minimum Gasteiger partial charge on any atom is -0.507 e. The zero-order chi connectivity index (χ0) is 19.7. The first kappa shape index (κ1) is 18.5. The molecule has 2 aromatic carbocycles. The number of phenolic OH excluding ortho intramolecular Hbond substituents is 2. The summed E-state index contributed by atoms with van der Waals surface area (Å²) in [4.78, 5) is 13.0. The number of phenols is 2. The Labute approximate surface area is 155 Å². The number of rotatable bonds is 5. The molecule has 0 fully saturated rings. The lowest BCUT2D eigenvalue weighted by atomic mass is 9.98. The second kappa shape index (κ2) is 7.17. The fourth-order valence-electron chi connectivity index (χ4n) is 2.83. The van der Waals surface area contributed by atoms with Crippen molar-refractivity contribution >= 4 is 11.0 Å². The molecule has 0 bridgehead atoms. The van der Waals surface area contributed by atoms with Gasteiger partial charge in [-0.3, -0.25) is 4.79 Å². The molecule has 6 nitrogen and oxygen atoms in total. The zero-order valence-electron chi connectivity index (χ0n) is 15.0. The van der Waals surface area contributed by atoms with E-state index in [-0.39, 0.29) is 34.3 Å². The van der Waals surface area contributed by atoms with Crippen LogP contribution in [0.5, 0.6) is 17.2 Å². The summed E-state index contributed by atoms with van der Waals surface area (Å²) in [7, 11) is 1.55. The first-order chi connectivity index (χ1) is 12.8. The van der Waals surface area contributed by atoms with Gasteiger partial charge >= 0.3 is 0 Å². The number of benzene rings is 2. The summed E-state index contributed by atoms with van der Waals surface area (Å²) in [5.74, 6) is -0.0252. The fourth-order valence-corrected chi connectivity index (χ4v) is 2.83. The molecular formula is C21H20O6. The topological polar surface area (TPSA) is 100 Å². The Morgan fingerprint density at radius 2 is 1.93 bits per heavy atom. The second-order valence-electron chi connectivity index (χ2n) is 6.37. The minimum absolute atomic E-state index is 0.0509. The molecule has 0 radical (unpaired) electrons. The molecule has 0 unspecified atom stereocenters. The first-order valence-electron chi connectivity index (χ1n) is 8.30. The van der Waals surface area contributed by atoms with Crippen LogP contribution in [-0.4, -0.2) is 28.5 Å². The van der Waals surface area contributed by atoms with Crippen molar-refractivity contribution in [3.05, 3.63) is 64.5 Å². The summed E-state index contributed by atoms with van der Waals surface area (Å²) in [5, 5.41) is 30.8. The molecule has 0 amide bonds. The molecule has 27 heavy (non-hydrogen) atoms. The predicted octanol–water partition coefficient (Wildman–Crippen LogP) is 3.36. The second-order valence-corrected chi connectivity index (χ2v) is 6.37. The van der Waals surface area contributed by atoms with Crippen molar-refractivity contribution in [1.29, 1.82) is 0 Å². The van der Waals surface area contributed by atoms with Crippen molar-refractivity contribution in [3.63, 3.8) is 0 Å². The Balaban J connectivity index is 2.19. The summed E-state index contributed by atoms with van der Waals surface area (Å²) in [6.07, 6.45) is 0.249. The van der Waals surface area contributed by atoms with E-state index >= 15 is 0 Å². The molecule has 0 aliphatic carbocycles. The molecule has 1 aromatic heterocycles. The molecular weight excluding hydrogens is 348 g/mol. The summed E-state index contributed by atoms with van der Waals surface area (Å²) in [5.41, 5.74) is 1.02. The Morgan fingerprint density at radius 3 is 2.52 bits per heavy atom. The van der Waals surface area contributed by atoms with E-state index in [1.165, 1.54) is 12.3 Å². The van der Waals surface area contributed by atoms with Gasteiger partial charge < -0.3 is 24.5 Å². The van der Waals surface area contributed by atoms with Gasteiger partial charge in [-0.15, -0.1) is 0 Å². The van der Waals surface area contributed by atoms with Crippen LogP contribution in [0.25, 0.3) is 22.1 Å². The SMILES string of the molecule is C=C(C)[C@H](O)Cc1c(O)cc2occ(-c3ccc(OC)cc3)c(=O)c2c1O. The summed E-state index contributed by atoms with van der Waals surface area (Å²) in [6, 6.07) is 8.10. The molecule has 0 saturated carbocycles. The van der Waals surface area contributed by atoms with Crippen molar-refractivity contribution in [1.82, 2.24) is 0 Å². The van der Waals surface area contributed by atoms with E-state index in [9.17, 15) is 20.1 Å². The lowest BCUT2D eigenvalue weighted by Crippen LogP contribution is -2.12. The van der Waals surface area contributed by atoms with Crippen molar-refractivity contribution in [3.8, 4) is 28.4 Å². The molecule has 3 aromatic rings. The Morgan fingerprint density at radius 1 is 1.26 bits per heavy atom. The third kappa shape index (κ3) is 3.39. The van der Waals surface area contributed by atoms with Crippen LogP contribution in [0.1, 0.15) is 12.5 Å². The molecule has 0 spiro atoms. The van der Waals surface area contributed by atoms with Gasteiger partial charge in [-0.2, -0.15) is 0 Å². The number of methoxy groups -OCH3 is 1. The number of aliphatic hydroxyl groups excluding tert-OH is 1. The van der Waals surface area contributed by atoms with Crippen molar-refractivity contribution in [2.75, 3.05) is 7.11 Å². The average Bonchev–Trinajstić information content (AvgIpc) is 2.65. The van der Waals surface area contributed by atoms with E-state index in [0.29, 0.717) is 16.9 Å². The third-order valence-electron chi connectivity index (χ3n) is 4.49. The van der Waals surface area contributed by atoms with Gasteiger partial charge in [-0.1, -0.05) is 24.3 Å². The average molecular weight is 368 g/mol. The van der Waals surface area contributed by atoms with Crippen molar-refractivity contribution < 1.29 is 24.5 Å². The van der Waals surface area contributed by atoms with Gasteiger partial charge in [0, 0.05) is 18.1 Å². The molecule has 140 valence electrons. The van der Waals surface area contributed by atoms with E-state index < -0.39 is 17.3 Å². The molecule has 0 aliphatic heterocycles. The van der Waals surface area contributed by atoms with Crippen molar-refractivity contribution in [2.45, 2.75) is 19.4 Å². The largest absolute Gasteiger partial charge is 0.507 e. The highest BCUT2D eigenvalue weighted by atomic mass is 16.5. The third-order valence-corrected chi connectivity index (χ3v) is 4.49. The van der Waals surface area contributed by atoms with Crippen LogP contribution < -0.4 is 10.2 Å². The van der Waals surface area contributed by atoms with Crippen LogP contribution >= 0.6 is 0 Å². The first-order valence-corrected chi connectivity index (χ1v) is 8.30. The highest BCUT2D eigenvalue weighted by molar-refractivity contribution is 5.89. The standard InChI is InChI=1S/C21H20O6/c1-11(2)16(22)8-14-17(23)9-18-19(20(14)24)21(25)15(10-27-18)12-4-6-13(26-3)7-5-12/h4-7,9-10,16,22-24H,1,8H2,2-3H3/t16-/m1/s1. The van der Waals surface area contributed by atoms with Gasteiger partial charge in [0.05, 0.1) is 18.8 Å².